The summed E-state index contributed by atoms with van der Waals surface area (Å²) < 4.78 is 6.84. The summed E-state index contributed by atoms with van der Waals surface area (Å²) in [5.74, 6) is 0.552. The fourth-order valence-corrected chi connectivity index (χ4v) is 2.02. The van der Waals surface area contributed by atoms with Crippen LogP contribution in [-0.4, -0.2) is 21.9 Å². The molecule has 0 saturated heterocycles. The third-order valence-electron chi connectivity index (χ3n) is 2.68. The molecule has 2 aromatic heterocycles. The van der Waals surface area contributed by atoms with Gasteiger partial charge in [0.1, 0.15) is 0 Å². The van der Waals surface area contributed by atoms with E-state index < -0.39 is 0 Å². The molecule has 0 radical (unpaired) electrons. The Morgan fingerprint density at radius 1 is 1.17 bits per heavy atom. The highest BCUT2D eigenvalue weighted by Gasteiger charge is 2.09. The van der Waals surface area contributed by atoms with Crippen LogP contribution in [0.15, 0.2) is 42.6 Å². The molecule has 1 aromatic carbocycles. The Bertz CT molecular complexity index is 708. The van der Waals surface area contributed by atoms with Gasteiger partial charge in [-0.25, -0.2) is 4.68 Å². The van der Waals surface area contributed by atoms with Gasteiger partial charge in [0.25, 0.3) is 0 Å². The molecular formula is C13H10ClN3O. The zero-order chi connectivity index (χ0) is 12.5. The molecule has 0 atom stereocenters. The van der Waals surface area contributed by atoms with Crippen molar-refractivity contribution in [3.8, 4) is 11.6 Å². The lowest BCUT2D eigenvalue weighted by Crippen LogP contribution is -1.99. The van der Waals surface area contributed by atoms with Crippen LogP contribution in [0.4, 0.5) is 0 Å². The van der Waals surface area contributed by atoms with E-state index in [0.29, 0.717) is 10.9 Å². The lowest BCUT2D eigenvalue weighted by Gasteiger charge is -2.05. The van der Waals surface area contributed by atoms with Gasteiger partial charge in [-0.1, -0.05) is 23.7 Å². The van der Waals surface area contributed by atoms with E-state index >= 15 is 0 Å². The van der Waals surface area contributed by atoms with Crippen molar-refractivity contribution in [2.75, 3.05) is 7.11 Å². The fourth-order valence-electron chi connectivity index (χ4n) is 1.80. The fraction of sp³-hybridized carbons (Fsp3) is 0.0769. The molecule has 0 aliphatic heterocycles. The monoisotopic (exact) mass is 259 g/mol. The van der Waals surface area contributed by atoms with E-state index in [4.69, 9.17) is 16.3 Å². The second kappa shape index (κ2) is 4.31. The van der Waals surface area contributed by atoms with Crippen LogP contribution >= 0.6 is 11.6 Å². The number of ether oxygens (including phenoxy) is 1. The highest BCUT2D eigenvalue weighted by Crippen LogP contribution is 2.24. The van der Waals surface area contributed by atoms with Crippen molar-refractivity contribution in [2.45, 2.75) is 0 Å². The first-order chi connectivity index (χ1) is 8.79. The van der Waals surface area contributed by atoms with Gasteiger partial charge in [-0.15, -0.1) is 0 Å². The molecule has 0 fully saturated rings. The number of pyridine rings is 1. The summed E-state index contributed by atoms with van der Waals surface area (Å²) >= 11 is 6.17. The minimum atomic E-state index is 0.552. The Morgan fingerprint density at radius 2 is 2.00 bits per heavy atom. The van der Waals surface area contributed by atoms with Crippen LogP contribution in [0.3, 0.4) is 0 Å². The van der Waals surface area contributed by atoms with E-state index in [1.165, 1.54) is 0 Å². The number of rotatable bonds is 2. The predicted molar refractivity (Wildman–Crippen MR) is 70.4 cm³/mol. The molecule has 0 amide bonds. The molecule has 0 spiro atoms. The van der Waals surface area contributed by atoms with Crippen molar-refractivity contribution < 1.29 is 4.74 Å². The maximum Gasteiger partial charge on any atom is 0.215 e. The van der Waals surface area contributed by atoms with Crippen LogP contribution in [0.5, 0.6) is 5.88 Å². The van der Waals surface area contributed by atoms with Gasteiger partial charge in [0.2, 0.25) is 5.88 Å². The smallest absolute Gasteiger partial charge is 0.215 e. The molecule has 0 saturated carbocycles. The van der Waals surface area contributed by atoms with E-state index in [1.54, 1.807) is 24.1 Å². The summed E-state index contributed by atoms with van der Waals surface area (Å²) in [4.78, 5) is 4.39. The largest absolute Gasteiger partial charge is 0.481 e. The van der Waals surface area contributed by atoms with Gasteiger partial charge in [-0.05, 0) is 18.2 Å². The Balaban J connectivity index is 2.26. The van der Waals surface area contributed by atoms with Crippen LogP contribution < -0.4 is 4.74 Å². The molecule has 18 heavy (non-hydrogen) atoms. The van der Waals surface area contributed by atoms with Crippen molar-refractivity contribution >= 4 is 22.6 Å². The van der Waals surface area contributed by atoms with Gasteiger partial charge in [-0.3, -0.25) is 0 Å². The molecular weight excluding hydrogens is 250 g/mol. The number of aromatic nitrogens is 3. The zero-order valence-electron chi connectivity index (χ0n) is 9.67. The molecule has 2 heterocycles. The molecule has 90 valence electrons. The maximum absolute atomic E-state index is 6.17. The highest BCUT2D eigenvalue weighted by molar-refractivity contribution is 6.32. The Labute approximate surface area is 109 Å². The average Bonchev–Trinajstić information content (AvgIpc) is 2.82. The molecule has 0 bridgehead atoms. The minimum Gasteiger partial charge on any atom is -0.481 e. The zero-order valence-corrected chi connectivity index (χ0v) is 10.4. The van der Waals surface area contributed by atoms with E-state index in [1.807, 2.05) is 30.3 Å². The minimum absolute atomic E-state index is 0.552. The Kier molecular flexibility index (Phi) is 2.64. The number of methoxy groups -OCH3 is 1. The Morgan fingerprint density at radius 3 is 2.78 bits per heavy atom. The van der Waals surface area contributed by atoms with E-state index in [0.717, 1.165) is 16.7 Å². The van der Waals surface area contributed by atoms with Crippen LogP contribution in [-0.2, 0) is 0 Å². The van der Waals surface area contributed by atoms with Crippen molar-refractivity contribution in [1.29, 1.82) is 0 Å². The highest BCUT2D eigenvalue weighted by atomic mass is 35.5. The standard InChI is InChI=1S/C13H10ClN3O/c1-18-12-7-6-9-8-15-17(13(9)16-12)11-5-3-2-4-10(11)14/h2-8H,1H3. The Hall–Kier alpha value is -2.07. The van der Waals surface area contributed by atoms with Gasteiger partial charge < -0.3 is 4.74 Å². The summed E-state index contributed by atoms with van der Waals surface area (Å²) in [5, 5.41) is 5.89. The normalized spacial score (nSPS) is 10.8. The average molecular weight is 260 g/mol. The summed E-state index contributed by atoms with van der Waals surface area (Å²) in [6, 6.07) is 11.2. The van der Waals surface area contributed by atoms with Crippen LogP contribution in [0.2, 0.25) is 5.02 Å². The topological polar surface area (TPSA) is 39.9 Å². The third-order valence-corrected chi connectivity index (χ3v) is 3.00. The van der Waals surface area contributed by atoms with E-state index in [2.05, 4.69) is 10.1 Å². The van der Waals surface area contributed by atoms with E-state index in [-0.39, 0.29) is 0 Å². The van der Waals surface area contributed by atoms with Gasteiger partial charge in [0.15, 0.2) is 5.65 Å². The number of hydrogen-bond acceptors (Lipinski definition) is 3. The van der Waals surface area contributed by atoms with Crippen molar-refractivity contribution in [3.05, 3.63) is 47.6 Å². The van der Waals surface area contributed by atoms with Gasteiger partial charge in [-0.2, -0.15) is 10.1 Å². The van der Waals surface area contributed by atoms with Gasteiger partial charge in [0.05, 0.1) is 24.0 Å². The molecule has 0 aliphatic carbocycles. The second-order valence-electron chi connectivity index (χ2n) is 3.77. The first-order valence-electron chi connectivity index (χ1n) is 5.43. The van der Waals surface area contributed by atoms with Crippen molar-refractivity contribution in [1.82, 2.24) is 14.8 Å². The first-order valence-corrected chi connectivity index (χ1v) is 5.81. The second-order valence-corrected chi connectivity index (χ2v) is 4.18. The molecule has 0 aliphatic rings. The molecule has 3 aromatic rings. The molecule has 0 unspecified atom stereocenters. The lowest BCUT2D eigenvalue weighted by molar-refractivity contribution is 0.399. The summed E-state index contributed by atoms with van der Waals surface area (Å²) in [7, 11) is 1.59. The van der Waals surface area contributed by atoms with Gasteiger partial charge in [0, 0.05) is 11.5 Å². The summed E-state index contributed by atoms with van der Waals surface area (Å²) in [6.07, 6.45) is 1.76. The van der Waals surface area contributed by atoms with E-state index in [9.17, 15) is 0 Å². The number of para-hydroxylation sites is 1. The number of nitrogens with zero attached hydrogens (tertiary/aromatic N) is 3. The molecule has 5 heteroatoms. The maximum atomic E-state index is 6.17. The number of fused-ring (bicyclic) bond motifs is 1. The third kappa shape index (κ3) is 1.71. The predicted octanol–water partition coefficient (Wildman–Crippen LogP) is 3.08. The van der Waals surface area contributed by atoms with Gasteiger partial charge >= 0.3 is 0 Å². The number of halogens is 1. The summed E-state index contributed by atoms with van der Waals surface area (Å²) in [5.41, 5.74) is 1.53. The molecule has 4 nitrogen and oxygen atoms in total. The quantitative estimate of drug-likeness (QED) is 0.710. The number of benzene rings is 1. The SMILES string of the molecule is COc1ccc2cnn(-c3ccccc3Cl)c2n1. The van der Waals surface area contributed by atoms with Crippen LogP contribution in [0.25, 0.3) is 16.7 Å². The van der Waals surface area contributed by atoms with Crippen molar-refractivity contribution in [2.24, 2.45) is 0 Å². The van der Waals surface area contributed by atoms with Crippen molar-refractivity contribution in [3.63, 3.8) is 0 Å². The van der Waals surface area contributed by atoms with Crippen LogP contribution in [0, 0.1) is 0 Å². The lowest BCUT2D eigenvalue weighted by atomic mass is 10.3. The first kappa shape index (κ1) is 11.0. The van der Waals surface area contributed by atoms with Crippen LogP contribution in [0.1, 0.15) is 0 Å². The molecule has 0 N–H and O–H groups in total. The molecule has 3 rings (SSSR count). The summed E-state index contributed by atoms with van der Waals surface area (Å²) in [6.45, 7) is 0. The number of hydrogen-bond donors (Lipinski definition) is 0.